The van der Waals surface area contributed by atoms with Gasteiger partial charge in [0.2, 0.25) is 0 Å². The summed E-state index contributed by atoms with van der Waals surface area (Å²) in [6.07, 6.45) is 0. The molecule has 132 valence electrons. The van der Waals surface area contributed by atoms with E-state index in [1.54, 1.807) is 18.4 Å². The Morgan fingerprint density at radius 2 is 1.73 bits per heavy atom. The van der Waals surface area contributed by atoms with Crippen molar-refractivity contribution in [2.45, 2.75) is 13.5 Å². The number of benzene rings is 1. The minimum atomic E-state index is -0.374. The minimum absolute atomic E-state index is 0.328. The molecule has 4 rings (SSSR count). The number of fused-ring (bicyclic) bond motifs is 1. The Morgan fingerprint density at radius 1 is 1.00 bits per heavy atom. The highest BCUT2D eigenvalue weighted by Gasteiger charge is 2.21. The van der Waals surface area contributed by atoms with E-state index in [2.05, 4.69) is 4.98 Å². The van der Waals surface area contributed by atoms with Gasteiger partial charge in [0, 0.05) is 25.5 Å². The van der Waals surface area contributed by atoms with Gasteiger partial charge in [0.25, 0.3) is 5.56 Å². The number of hydrogen-bond donors (Lipinski definition) is 0. The SMILES string of the molecule is Cc1ccc(-c2nc3c(c(=O)n(C)c(=O)n3C)n2Cc2ccccc2)s1. The van der Waals surface area contributed by atoms with Crippen molar-refractivity contribution in [2.75, 3.05) is 0 Å². The van der Waals surface area contributed by atoms with E-state index >= 15 is 0 Å². The summed E-state index contributed by atoms with van der Waals surface area (Å²) in [4.78, 5) is 32.0. The topological polar surface area (TPSA) is 61.8 Å². The van der Waals surface area contributed by atoms with Crippen LogP contribution in [0, 0.1) is 6.92 Å². The van der Waals surface area contributed by atoms with Crippen molar-refractivity contribution >= 4 is 22.5 Å². The van der Waals surface area contributed by atoms with Crippen LogP contribution in [-0.4, -0.2) is 18.7 Å². The standard InChI is InChI=1S/C19H18N4O2S/c1-12-9-10-14(26-12)16-20-17-15(18(24)22(3)19(25)21(17)2)23(16)11-13-7-5-4-6-8-13/h4-10H,11H2,1-3H3. The molecule has 3 aromatic heterocycles. The highest BCUT2D eigenvalue weighted by Crippen LogP contribution is 2.29. The first-order valence-corrected chi connectivity index (χ1v) is 9.06. The first-order chi connectivity index (χ1) is 12.5. The molecule has 0 saturated carbocycles. The lowest BCUT2D eigenvalue weighted by atomic mass is 10.2. The molecule has 0 spiro atoms. The van der Waals surface area contributed by atoms with E-state index in [9.17, 15) is 9.59 Å². The van der Waals surface area contributed by atoms with Crippen molar-refractivity contribution in [1.29, 1.82) is 0 Å². The zero-order valence-corrected chi connectivity index (χ0v) is 15.6. The van der Waals surface area contributed by atoms with Gasteiger partial charge in [-0.15, -0.1) is 11.3 Å². The highest BCUT2D eigenvalue weighted by atomic mass is 32.1. The maximum atomic E-state index is 12.9. The van der Waals surface area contributed by atoms with Crippen LogP contribution in [0.2, 0.25) is 0 Å². The number of imidazole rings is 1. The van der Waals surface area contributed by atoms with Crippen LogP contribution in [0.3, 0.4) is 0 Å². The second-order valence-corrected chi connectivity index (χ2v) is 7.58. The Balaban J connectivity index is 2.08. The number of rotatable bonds is 3. The van der Waals surface area contributed by atoms with Crippen molar-refractivity contribution in [3.05, 3.63) is 73.7 Å². The molecule has 7 heteroatoms. The van der Waals surface area contributed by atoms with Crippen LogP contribution in [0.25, 0.3) is 21.9 Å². The fourth-order valence-electron chi connectivity index (χ4n) is 3.11. The van der Waals surface area contributed by atoms with E-state index in [-0.39, 0.29) is 11.2 Å². The van der Waals surface area contributed by atoms with Crippen LogP contribution in [0.15, 0.2) is 52.1 Å². The molecular weight excluding hydrogens is 348 g/mol. The number of aromatic nitrogens is 4. The fraction of sp³-hybridized carbons (Fsp3) is 0.211. The molecule has 3 heterocycles. The molecule has 0 atom stereocenters. The Kier molecular flexibility index (Phi) is 3.88. The van der Waals surface area contributed by atoms with E-state index < -0.39 is 0 Å². The van der Waals surface area contributed by atoms with Crippen molar-refractivity contribution < 1.29 is 0 Å². The molecule has 0 aliphatic heterocycles. The third kappa shape index (κ3) is 2.52. The van der Waals surface area contributed by atoms with Gasteiger partial charge < -0.3 is 4.57 Å². The molecule has 0 N–H and O–H groups in total. The normalized spacial score (nSPS) is 11.3. The summed E-state index contributed by atoms with van der Waals surface area (Å²) >= 11 is 1.62. The molecule has 26 heavy (non-hydrogen) atoms. The predicted molar refractivity (Wildman–Crippen MR) is 104 cm³/mol. The average Bonchev–Trinajstić information content (AvgIpc) is 3.23. The van der Waals surface area contributed by atoms with Crippen molar-refractivity contribution in [1.82, 2.24) is 18.7 Å². The maximum absolute atomic E-state index is 12.9. The third-order valence-electron chi connectivity index (χ3n) is 4.49. The Bertz CT molecular complexity index is 1230. The number of nitrogens with zero attached hydrogens (tertiary/aromatic N) is 4. The smallest absolute Gasteiger partial charge is 0.313 e. The molecular formula is C19H18N4O2S. The Morgan fingerprint density at radius 3 is 2.38 bits per heavy atom. The average molecular weight is 366 g/mol. The van der Waals surface area contributed by atoms with E-state index in [0.29, 0.717) is 23.5 Å². The lowest BCUT2D eigenvalue weighted by Gasteiger charge is -2.09. The summed E-state index contributed by atoms with van der Waals surface area (Å²) < 4.78 is 4.48. The summed E-state index contributed by atoms with van der Waals surface area (Å²) in [5, 5.41) is 0. The van der Waals surface area contributed by atoms with Gasteiger partial charge in [0.1, 0.15) is 0 Å². The molecule has 0 aliphatic carbocycles. The zero-order valence-electron chi connectivity index (χ0n) is 14.8. The second kappa shape index (κ2) is 6.10. The largest absolute Gasteiger partial charge is 0.332 e. The molecule has 0 fully saturated rings. The number of aryl methyl sites for hydroxylation is 2. The van der Waals surface area contributed by atoms with Crippen LogP contribution in [-0.2, 0) is 20.6 Å². The quantitative estimate of drug-likeness (QED) is 0.560. The van der Waals surface area contributed by atoms with Crippen molar-refractivity contribution in [2.24, 2.45) is 14.1 Å². The van der Waals surface area contributed by atoms with Crippen LogP contribution in [0.1, 0.15) is 10.4 Å². The summed E-state index contributed by atoms with van der Waals surface area (Å²) in [6.45, 7) is 2.55. The molecule has 4 aromatic rings. The Labute approximate surface area is 153 Å². The maximum Gasteiger partial charge on any atom is 0.332 e. The molecule has 0 aliphatic rings. The molecule has 0 unspecified atom stereocenters. The van der Waals surface area contributed by atoms with Gasteiger partial charge in [-0.1, -0.05) is 30.3 Å². The highest BCUT2D eigenvalue weighted by molar-refractivity contribution is 7.15. The second-order valence-electron chi connectivity index (χ2n) is 6.30. The van der Waals surface area contributed by atoms with Crippen molar-refractivity contribution in [3.8, 4) is 10.7 Å². The van der Waals surface area contributed by atoms with Crippen LogP contribution in [0.4, 0.5) is 0 Å². The molecule has 0 amide bonds. The Hall–Kier alpha value is -2.93. The minimum Gasteiger partial charge on any atom is -0.313 e. The molecule has 0 bridgehead atoms. The van der Waals surface area contributed by atoms with Crippen molar-refractivity contribution in [3.63, 3.8) is 0 Å². The van der Waals surface area contributed by atoms with Gasteiger partial charge in [0.05, 0.1) is 4.88 Å². The fourth-order valence-corrected chi connectivity index (χ4v) is 3.98. The van der Waals surface area contributed by atoms with Gasteiger partial charge in [-0.3, -0.25) is 13.9 Å². The van der Waals surface area contributed by atoms with Gasteiger partial charge in [-0.05, 0) is 24.6 Å². The monoisotopic (exact) mass is 366 g/mol. The first-order valence-electron chi connectivity index (χ1n) is 8.24. The van der Waals surface area contributed by atoms with Gasteiger partial charge in [-0.25, -0.2) is 9.78 Å². The number of thiophene rings is 1. The van der Waals surface area contributed by atoms with Crippen LogP contribution >= 0.6 is 11.3 Å². The van der Waals surface area contributed by atoms with Crippen LogP contribution in [0.5, 0.6) is 0 Å². The van der Waals surface area contributed by atoms with Crippen LogP contribution < -0.4 is 11.2 Å². The summed E-state index contributed by atoms with van der Waals surface area (Å²) in [7, 11) is 3.15. The summed E-state index contributed by atoms with van der Waals surface area (Å²) in [6, 6.07) is 14.0. The molecule has 0 radical (unpaired) electrons. The van der Waals surface area contributed by atoms with Gasteiger partial charge in [-0.2, -0.15) is 0 Å². The zero-order chi connectivity index (χ0) is 18.4. The molecule has 0 saturated heterocycles. The van der Waals surface area contributed by atoms with E-state index in [1.165, 1.54) is 16.5 Å². The lowest BCUT2D eigenvalue weighted by Crippen LogP contribution is -2.37. The van der Waals surface area contributed by atoms with E-state index in [0.717, 1.165) is 15.0 Å². The van der Waals surface area contributed by atoms with Gasteiger partial charge >= 0.3 is 5.69 Å². The first kappa shape index (κ1) is 16.5. The van der Waals surface area contributed by atoms with E-state index in [1.807, 2.05) is 54.0 Å². The lowest BCUT2D eigenvalue weighted by molar-refractivity contribution is 0.702. The molecule has 1 aromatic carbocycles. The summed E-state index contributed by atoms with van der Waals surface area (Å²) in [5.74, 6) is 0.709. The predicted octanol–water partition coefficient (Wildman–Crippen LogP) is 2.52. The van der Waals surface area contributed by atoms with Gasteiger partial charge in [0.15, 0.2) is 17.0 Å². The summed E-state index contributed by atoms with van der Waals surface area (Å²) in [5.41, 5.74) is 1.22. The third-order valence-corrected chi connectivity index (χ3v) is 5.49. The van der Waals surface area contributed by atoms with E-state index in [4.69, 9.17) is 0 Å². The number of hydrogen-bond acceptors (Lipinski definition) is 4. The molecule has 6 nitrogen and oxygen atoms in total.